The van der Waals surface area contributed by atoms with E-state index in [0.717, 1.165) is 13.0 Å². The SMILES string of the molecule is CC(c1cc(C(N)=O)n[nH]1)C(F)(F)F. The summed E-state index contributed by atoms with van der Waals surface area (Å²) in [6.45, 7) is 0.971. The quantitative estimate of drug-likeness (QED) is 0.764. The van der Waals surface area contributed by atoms with E-state index in [4.69, 9.17) is 5.73 Å². The minimum atomic E-state index is -4.36. The van der Waals surface area contributed by atoms with Gasteiger partial charge in [0.15, 0.2) is 0 Å². The Balaban J connectivity index is 2.92. The number of carbonyl (C=O) groups is 1. The lowest BCUT2D eigenvalue weighted by Gasteiger charge is -2.12. The Morgan fingerprint density at radius 2 is 2.21 bits per heavy atom. The maximum atomic E-state index is 12.2. The van der Waals surface area contributed by atoms with Gasteiger partial charge >= 0.3 is 6.18 Å². The van der Waals surface area contributed by atoms with Crippen molar-refractivity contribution >= 4 is 5.91 Å². The Labute approximate surface area is 77.3 Å². The molecule has 0 aliphatic rings. The van der Waals surface area contributed by atoms with Crippen LogP contribution < -0.4 is 5.73 Å². The molecule has 0 saturated heterocycles. The van der Waals surface area contributed by atoms with Crippen LogP contribution in [0.2, 0.25) is 0 Å². The molecule has 1 unspecified atom stereocenters. The van der Waals surface area contributed by atoms with Crippen molar-refractivity contribution in [2.24, 2.45) is 5.73 Å². The highest BCUT2D eigenvalue weighted by molar-refractivity contribution is 5.90. The highest BCUT2D eigenvalue weighted by atomic mass is 19.4. The zero-order valence-corrected chi connectivity index (χ0v) is 7.22. The Hall–Kier alpha value is -1.53. The minimum Gasteiger partial charge on any atom is -0.364 e. The topological polar surface area (TPSA) is 71.8 Å². The molecule has 0 radical (unpaired) electrons. The van der Waals surface area contributed by atoms with Gasteiger partial charge in [0.05, 0.1) is 5.92 Å². The molecule has 14 heavy (non-hydrogen) atoms. The summed E-state index contributed by atoms with van der Waals surface area (Å²) in [6.07, 6.45) is -4.36. The highest BCUT2D eigenvalue weighted by Crippen LogP contribution is 2.33. The number of amides is 1. The first-order chi connectivity index (χ1) is 6.32. The molecule has 0 fully saturated rings. The Kier molecular flexibility index (Phi) is 2.50. The van der Waals surface area contributed by atoms with Gasteiger partial charge < -0.3 is 5.73 Å². The summed E-state index contributed by atoms with van der Waals surface area (Å²) < 4.78 is 36.5. The lowest BCUT2D eigenvalue weighted by Crippen LogP contribution is -2.18. The molecule has 7 heteroatoms. The molecular weight excluding hydrogens is 199 g/mol. The van der Waals surface area contributed by atoms with Gasteiger partial charge in [0.1, 0.15) is 5.69 Å². The third kappa shape index (κ3) is 2.04. The molecule has 78 valence electrons. The van der Waals surface area contributed by atoms with Crippen molar-refractivity contribution in [1.29, 1.82) is 0 Å². The van der Waals surface area contributed by atoms with Crippen LogP contribution in [-0.2, 0) is 0 Å². The van der Waals surface area contributed by atoms with Gasteiger partial charge in [-0.25, -0.2) is 0 Å². The third-order valence-corrected chi connectivity index (χ3v) is 1.81. The minimum absolute atomic E-state index is 0.175. The molecule has 1 aromatic rings. The van der Waals surface area contributed by atoms with Crippen LogP contribution in [0.3, 0.4) is 0 Å². The largest absolute Gasteiger partial charge is 0.396 e. The maximum Gasteiger partial charge on any atom is 0.396 e. The van der Waals surface area contributed by atoms with Crippen molar-refractivity contribution < 1.29 is 18.0 Å². The lowest BCUT2D eigenvalue weighted by atomic mass is 10.1. The van der Waals surface area contributed by atoms with E-state index in [1.54, 1.807) is 0 Å². The summed E-state index contributed by atoms with van der Waals surface area (Å²) in [4.78, 5) is 10.5. The van der Waals surface area contributed by atoms with Crippen molar-refractivity contribution in [1.82, 2.24) is 10.2 Å². The molecule has 0 aliphatic carbocycles. The van der Waals surface area contributed by atoms with Crippen LogP contribution in [-0.4, -0.2) is 22.3 Å². The van der Waals surface area contributed by atoms with Crippen LogP contribution in [0.1, 0.15) is 29.0 Å². The fraction of sp³-hybridized carbons (Fsp3) is 0.429. The normalized spacial score (nSPS) is 14.0. The van der Waals surface area contributed by atoms with Crippen molar-refractivity contribution in [3.8, 4) is 0 Å². The first-order valence-electron chi connectivity index (χ1n) is 3.74. The van der Waals surface area contributed by atoms with Crippen LogP contribution >= 0.6 is 0 Å². The number of nitrogens with zero attached hydrogens (tertiary/aromatic N) is 1. The number of carbonyl (C=O) groups excluding carboxylic acids is 1. The molecule has 1 aromatic heterocycles. The first-order valence-corrected chi connectivity index (χ1v) is 3.74. The number of aromatic amines is 1. The molecule has 0 spiro atoms. The molecule has 1 atom stereocenters. The van der Waals surface area contributed by atoms with Gasteiger partial charge in [-0.1, -0.05) is 0 Å². The molecule has 0 saturated carbocycles. The zero-order chi connectivity index (χ0) is 10.9. The number of nitrogens with two attached hydrogens (primary N) is 1. The third-order valence-electron chi connectivity index (χ3n) is 1.81. The fourth-order valence-corrected chi connectivity index (χ4v) is 0.861. The standard InChI is InChI=1S/C7H8F3N3O/c1-3(7(8,9)10)4-2-5(6(11)14)13-12-4/h2-3H,1H3,(H2,11,14)(H,12,13). The van der Waals surface area contributed by atoms with Gasteiger partial charge in [-0.3, -0.25) is 9.89 Å². The second-order valence-corrected chi connectivity index (χ2v) is 2.84. The van der Waals surface area contributed by atoms with Gasteiger partial charge in [-0.15, -0.1) is 0 Å². The summed E-state index contributed by atoms with van der Waals surface area (Å²) >= 11 is 0. The average molecular weight is 207 g/mol. The van der Waals surface area contributed by atoms with E-state index in [1.165, 1.54) is 0 Å². The zero-order valence-electron chi connectivity index (χ0n) is 7.22. The highest BCUT2D eigenvalue weighted by Gasteiger charge is 2.38. The number of hydrogen-bond acceptors (Lipinski definition) is 2. The molecule has 0 bridgehead atoms. The van der Waals surface area contributed by atoms with E-state index in [2.05, 4.69) is 10.2 Å². The summed E-state index contributed by atoms with van der Waals surface area (Å²) in [6, 6.07) is 1.00. The van der Waals surface area contributed by atoms with Crippen LogP contribution in [0, 0.1) is 0 Å². The first kappa shape index (κ1) is 10.6. The molecular formula is C7H8F3N3O. The predicted molar refractivity (Wildman–Crippen MR) is 41.6 cm³/mol. The number of primary amides is 1. The van der Waals surface area contributed by atoms with Crippen LogP contribution in [0.5, 0.6) is 0 Å². The fourth-order valence-electron chi connectivity index (χ4n) is 0.861. The van der Waals surface area contributed by atoms with Gasteiger partial charge in [0.2, 0.25) is 0 Å². The second kappa shape index (κ2) is 3.32. The smallest absolute Gasteiger partial charge is 0.364 e. The molecule has 0 aromatic carbocycles. The Morgan fingerprint density at radius 1 is 1.64 bits per heavy atom. The predicted octanol–water partition coefficient (Wildman–Crippen LogP) is 1.17. The summed E-state index contributed by atoms with van der Waals surface area (Å²) in [5.74, 6) is -2.55. The average Bonchev–Trinajstić information content (AvgIpc) is 2.48. The number of hydrogen-bond donors (Lipinski definition) is 2. The lowest BCUT2D eigenvalue weighted by molar-refractivity contribution is -0.147. The van der Waals surface area contributed by atoms with Crippen molar-refractivity contribution in [2.45, 2.75) is 19.0 Å². The molecule has 1 rings (SSSR count). The number of H-pyrrole nitrogens is 1. The van der Waals surface area contributed by atoms with E-state index in [-0.39, 0.29) is 11.4 Å². The van der Waals surface area contributed by atoms with E-state index in [0.29, 0.717) is 0 Å². The van der Waals surface area contributed by atoms with Crippen molar-refractivity contribution in [3.63, 3.8) is 0 Å². The monoisotopic (exact) mass is 207 g/mol. The number of rotatable bonds is 2. The van der Waals surface area contributed by atoms with Gasteiger partial charge in [0.25, 0.3) is 5.91 Å². The van der Waals surface area contributed by atoms with E-state index < -0.39 is 18.0 Å². The van der Waals surface area contributed by atoms with E-state index in [9.17, 15) is 18.0 Å². The number of nitrogens with one attached hydrogen (secondary N) is 1. The van der Waals surface area contributed by atoms with Gasteiger partial charge in [-0.05, 0) is 13.0 Å². The van der Waals surface area contributed by atoms with Crippen LogP contribution in [0.15, 0.2) is 6.07 Å². The maximum absolute atomic E-state index is 12.2. The van der Waals surface area contributed by atoms with Crippen LogP contribution in [0.4, 0.5) is 13.2 Å². The molecule has 1 amide bonds. The van der Waals surface area contributed by atoms with Crippen molar-refractivity contribution in [3.05, 3.63) is 17.5 Å². The number of halogens is 3. The van der Waals surface area contributed by atoms with Gasteiger partial charge in [0, 0.05) is 5.69 Å². The Bertz CT molecular complexity index is 344. The molecule has 1 heterocycles. The summed E-state index contributed by atoms with van der Waals surface area (Å²) in [7, 11) is 0. The van der Waals surface area contributed by atoms with Crippen LogP contribution in [0.25, 0.3) is 0 Å². The second-order valence-electron chi connectivity index (χ2n) is 2.84. The number of aromatic nitrogens is 2. The summed E-state index contributed by atoms with van der Waals surface area (Å²) in [5, 5.41) is 5.47. The Morgan fingerprint density at radius 3 is 2.57 bits per heavy atom. The van der Waals surface area contributed by atoms with Gasteiger partial charge in [-0.2, -0.15) is 18.3 Å². The van der Waals surface area contributed by atoms with E-state index >= 15 is 0 Å². The molecule has 3 N–H and O–H groups in total. The summed E-state index contributed by atoms with van der Waals surface area (Å²) in [5.41, 5.74) is 4.46. The molecule has 4 nitrogen and oxygen atoms in total. The van der Waals surface area contributed by atoms with E-state index in [1.807, 2.05) is 0 Å². The molecule has 0 aliphatic heterocycles. The number of alkyl halides is 3. The van der Waals surface area contributed by atoms with Crippen molar-refractivity contribution in [2.75, 3.05) is 0 Å².